The van der Waals surface area contributed by atoms with Crippen LogP contribution in [0.2, 0.25) is 11.1 Å². The molecule has 3 heterocycles. The second-order valence-electron chi connectivity index (χ2n) is 10.7. The second-order valence-corrected chi connectivity index (χ2v) is 15.8. The van der Waals surface area contributed by atoms with Gasteiger partial charge < -0.3 is 4.90 Å². The zero-order valence-electron chi connectivity index (χ0n) is 22.5. The van der Waals surface area contributed by atoms with Crippen LogP contribution in [0.3, 0.4) is 0 Å². The highest BCUT2D eigenvalue weighted by molar-refractivity contribution is 7.06. The minimum Gasteiger partial charge on any atom is -0.309 e. The lowest BCUT2D eigenvalue weighted by Crippen LogP contribution is -2.66. The van der Waals surface area contributed by atoms with Crippen LogP contribution < -0.4 is 15.3 Å². The first kappa shape index (κ1) is 24.3. The number of nitrogens with zero attached hydrogens (tertiary/aromatic N) is 3. The number of rotatable bonds is 5. The lowest BCUT2D eigenvalue weighted by Gasteiger charge is -2.49. The third-order valence-corrected chi connectivity index (χ3v) is 14.5. The first-order valence-corrected chi connectivity index (χ1v) is 15.6. The predicted molar refractivity (Wildman–Crippen MR) is 163 cm³/mol. The van der Waals surface area contributed by atoms with Gasteiger partial charge in [-0.3, -0.25) is 9.97 Å². The molecule has 0 amide bonds. The highest BCUT2D eigenvalue weighted by Gasteiger charge is 2.50. The number of pyridine rings is 2. The minimum atomic E-state index is -2.11. The summed E-state index contributed by atoms with van der Waals surface area (Å²) in [6.07, 6.45) is 7.52. The van der Waals surface area contributed by atoms with Gasteiger partial charge in [-0.2, -0.15) is 0 Å². The van der Waals surface area contributed by atoms with Gasteiger partial charge in [0.2, 0.25) is 0 Å². The molecule has 0 saturated carbocycles. The molecule has 5 aromatic rings. The molecule has 3 nitrogen and oxygen atoms in total. The van der Waals surface area contributed by atoms with Crippen LogP contribution in [0, 0.1) is 0 Å². The van der Waals surface area contributed by atoms with Crippen LogP contribution in [0.25, 0.3) is 22.3 Å². The summed E-state index contributed by atoms with van der Waals surface area (Å²) >= 11 is 0. The number of fused-ring (bicyclic) bond motifs is 2. The molecule has 6 rings (SSSR count). The van der Waals surface area contributed by atoms with Gasteiger partial charge in [0.1, 0.15) is 8.07 Å². The van der Waals surface area contributed by atoms with E-state index >= 15 is 0 Å². The molecule has 1 aliphatic heterocycles. The van der Waals surface area contributed by atoms with Gasteiger partial charge in [0, 0.05) is 47.3 Å². The van der Waals surface area contributed by atoms with Gasteiger partial charge in [-0.1, -0.05) is 82.3 Å². The largest absolute Gasteiger partial charge is 0.309 e. The molecule has 0 atom stereocenters. The Morgan fingerprint density at radius 3 is 1.37 bits per heavy atom. The number of anilines is 3. The molecule has 0 unspecified atom stereocenters. The molecular formula is C34H33N3Si. The van der Waals surface area contributed by atoms with Crippen LogP contribution in [-0.2, 0) is 0 Å². The molecule has 0 aliphatic carbocycles. The van der Waals surface area contributed by atoms with Crippen molar-refractivity contribution in [1.82, 2.24) is 9.97 Å². The highest BCUT2D eigenvalue weighted by atomic mass is 28.3. The van der Waals surface area contributed by atoms with Crippen molar-refractivity contribution in [2.75, 3.05) is 4.90 Å². The van der Waals surface area contributed by atoms with E-state index in [4.69, 9.17) is 0 Å². The molecule has 2 aromatic heterocycles. The van der Waals surface area contributed by atoms with Crippen molar-refractivity contribution in [1.29, 1.82) is 0 Å². The van der Waals surface area contributed by atoms with Crippen LogP contribution in [0.5, 0.6) is 0 Å². The molecule has 0 radical (unpaired) electrons. The zero-order chi connectivity index (χ0) is 26.3. The maximum atomic E-state index is 4.31. The number of benzene rings is 3. The van der Waals surface area contributed by atoms with Gasteiger partial charge in [0.05, 0.1) is 5.69 Å². The van der Waals surface area contributed by atoms with E-state index in [2.05, 4.69) is 134 Å². The third-order valence-electron chi connectivity index (χ3n) is 8.24. The van der Waals surface area contributed by atoms with E-state index in [1.54, 1.807) is 0 Å². The van der Waals surface area contributed by atoms with E-state index in [1.165, 1.54) is 38.6 Å². The Labute approximate surface area is 226 Å². The van der Waals surface area contributed by atoms with Crippen LogP contribution in [0.1, 0.15) is 27.7 Å². The molecule has 3 aromatic carbocycles. The molecule has 188 valence electrons. The lowest BCUT2D eigenvalue weighted by atomic mass is 9.95. The van der Waals surface area contributed by atoms with Gasteiger partial charge in [-0.15, -0.1) is 0 Å². The molecule has 4 heteroatoms. The molecule has 0 spiro atoms. The summed E-state index contributed by atoms with van der Waals surface area (Å²) in [7, 11) is -2.11. The first-order valence-electron chi connectivity index (χ1n) is 13.5. The van der Waals surface area contributed by atoms with Crippen LogP contribution in [-0.4, -0.2) is 18.0 Å². The Morgan fingerprint density at radius 1 is 0.526 bits per heavy atom. The van der Waals surface area contributed by atoms with Gasteiger partial charge >= 0.3 is 0 Å². The van der Waals surface area contributed by atoms with E-state index in [0.717, 1.165) is 11.1 Å². The Hall–Kier alpha value is -4.02. The van der Waals surface area contributed by atoms with Crippen molar-refractivity contribution < 1.29 is 0 Å². The molecule has 0 saturated heterocycles. The van der Waals surface area contributed by atoms with E-state index in [-0.39, 0.29) is 0 Å². The SMILES string of the molecule is CC(C)[Si]1(C(C)C)c2ccccc2N(c2c(-c3ccncc3)cccc2-c2ccncc2)c2ccccc21. The fourth-order valence-corrected chi connectivity index (χ4v) is 12.9. The van der Waals surface area contributed by atoms with Crippen molar-refractivity contribution in [3.8, 4) is 22.3 Å². The molecule has 0 bridgehead atoms. The summed E-state index contributed by atoms with van der Waals surface area (Å²) in [6, 6.07) is 33.4. The van der Waals surface area contributed by atoms with Crippen molar-refractivity contribution in [3.63, 3.8) is 0 Å². The summed E-state index contributed by atoms with van der Waals surface area (Å²) in [5.41, 5.74) is 9.60. The topological polar surface area (TPSA) is 29.0 Å². The number of para-hydroxylation sites is 3. The van der Waals surface area contributed by atoms with Crippen LogP contribution in [0.4, 0.5) is 17.1 Å². The fourth-order valence-electron chi connectivity index (χ4n) is 6.78. The average Bonchev–Trinajstić information content (AvgIpc) is 2.96. The van der Waals surface area contributed by atoms with Crippen molar-refractivity contribution in [3.05, 3.63) is 116 Å². The number of hydrogen-bond acceptors (Lipinski definition) is 3. The molecular weight excluding hydrogens is 478 g/mol. The van der Waals surface area contributed by atoms with E-state index < -0.39 is 8.07 Å². The van der Waals surface area contributed by atoms with Crippen molar-refractivity contribution in [2.24, 2.45) is 0 Å². The van der Waals surface area contributed by atoms with E-state index in [0.29, 0.717) is 11.1 Å². The van der Waals surface area contributed by atoms with Gasteiger partial charge in [0.25, 0.3) is 0 Å². The fraction of sp³-hybridized carbons (Fsp3) is 0.176. The monoisotopic (exact) mass is 511 g/mol. The van der Waals surface area contributed by atoms with Crippen LogP contribution >= 0.6 is 0 Å². The predicted octanol–water partition coefficient (Wildman–Crippen LogP) is 7.98. The summed E-state index contributed by atoms with van der Waals surface area (Å²) < 4.78 is 0. The first-order chi connectivity index (χ1) is 18.5. The van der Waals surface area contributed by atoms with Gasteiger partial charge in [-0.05, 0) is 69.0 Å². The van der Waals surface area contributed by atoms with E-state index in [1.807, 2.05) is 24.8 Å². The normalized spacial score (nSPS) is 13.9. The average molecular weight is 512 g/mol. The Balaban J connectivity index is 1.75. The summed E-state index contributed by atoms with van der Waals surface area (Å²) in [5.74, 6) is 0. The Kier molecular flexibility index (Phi) is 6.20. The lowest BCUT2D eigenvalue weighted by molar-refractivity contribution is 0.925. The number of hydrogen-bond donors (Lipinski definition) is 0. The zero-order valence-corrected chi connectivity index (χ0v) is 23.5. The minimum absolute atomic E-state index is 0.557. The van der Waals surface area contributed by atoms with Gasteiger partial charge in [-0.25, -0.2) is 0 Å². The van der Waals surface area contributed by atoms with E-state index in [9.17, 15) is 0 Å². The Bertz CT molecular complexity index is 1460. The maximum absolute atomic E-state index is 4.31. The summed E-state index contributed by atoms with van der Waals surface area (Å²) in [4.78, 5) is 11.1. The maximum Gasteiger partial charge on any atom is 0.128 e. The smallest absolute Gasteiger partial charge is 0.128 e. The highest BCUT2D eigenvalue weighted by Crippen LogP contribution is 2.50. The summed E-state index contributed by atoms with van der Waals surface area (Å²) in [6.45, 7) is 9.73. The van der Waals surface area contributed by atoms with Crippen LogP contribution in [0.15, 0.2) is 116 Å². The second kappa shape index (κ2) is 9.69. The molecule has 0 fully saturated rings. The van der Waals surface area contributed by atoms with Crippen molar-refractivity contribution >= 4 is 35.5 Å². The van der Waals surface area contributed by atoms with Crippen molar-refractivity contribution in [2.45, 2.75) is 38.8 Å². The van der Waals surface area contributed by atoms with Gasteiger partial charge in [0.15, 0.2) is 0 Å². The molecule has 0 N–H and O–H groups in total. The molecule has 1 aliphatic rings. The molecule has 38 heavy (non-hydrogen) atoms. The quantitative estimate of drug-likeness (QED) is 0.224. The standard InChI is InChI=1S/C34H33N3Si/c1-24(2)38(25(3)4)32-14-7-5-12-30(32)37(31-13-6-8-15-33(31)38)34-28(26-16-20-35-21-17-26)10-9-11-29(34)27-18-22-36-23-19-27/h5-25H,1-4H3. The Morgan fingerprint density at radius 2 is 0.947 bits per heavy atom. The number of aromatic nitrogens is 2. The summed E-state index contributed by atoms with van der Waals surface area (Å²) in [5, 5.41) is 3.04. The third kappa shape index (κ3) is 3.63.